The van der Waals surface area contributed by atoms with Gasteiger partial charge in [-0.1, -0.05) is 42.5 Å². The zero-order chi connectivity index (χ0) is 21.2. The fraction of sp³-hybridized carbons (Fsp3) is 0.0417. The Hall–Kier alpha value is -4.26. The fourth-order valence-electron chi connectivity index (χ4n) is 3.37. The maximum absolute atomic E-state index is 14.6. The number of nitrogens with zero attached hydrogens (tertiary/aromatic N) is 3. The van der Waals surface area contributed by atoms with Gasteiger partial charge in [0.05, 0.1) is 24.2 Å². The first-order valence-corrected chi connectivity index (χ1v) is 9.71. The van der Waals surface area contributed by atoms with Crippen LogP contribution in [0.4, 0.5) is 4.39 Å². The average Bonchev–Trinajstić information content (AvgIpc) is 3.48. The minimum absolute atomic E-state index is 0.164. The SMILES string of the molecule is O=C(NCc1ccco1)c1cc(-c2ccccc2F)n2nc(-c3ccccc3)cc2n1. The van der Waals surface area contributed by atoms with Crippen LogP contribution < -0.4 is 5.32 Å². The van der Waals surface area contributed by atoms with Crippen molar-refractivity contribution in [3.8, 4) is 22.5 Å². The predicted molar refractivity (Wildman–Crippen MR) is 114 cm³/mol. The third kappa shape index (κ3) is 3.69. The van der Waals surface area contributed by atoms with Gasteiger partial charge in [0.25, 0.3) is 5.91 Å². The van der Waals surface area contributed by atoms with Crippen molar-refractivity contribution in [1.82, 2.24) is 19.9 Å². The van der Waals surface area contributed by atoms with E-state index in [2.05, 4.69) is 15.4 Å². The Morgan fingerprint density at radius 3 is 2.58 bits per heavy atom. The number of furan rings is 1. The number of hydrogen-bond donors (Lipinski definition) is 1. The van der Waals surface area contributed by atoms with E-state index in [-0.39, 0.29) is 18.1 Å². The van der Waals surface area contributed by atoms with Gasteiger partial charge in [-0.2, -0.15) is 5.10 Å². The van der Waals surface area contributed by atoms with E-state index >= 15 is 0 Å². The lowest BCUT2D eigenvalue weighted by atomic mass is 10.1. The van der Waals surface area contributed by atoms with Gasteiger partial charge >= 0.3 is 0 Å². The van der Waals surface area contributed by atoms with E-state index in [1.54, 1.807) is 53.2 Å². The van der Waals surface area contributed by atoms with Gasteiger partial charge in [-0.3, -0.25) is 4.79 Å². The molecule has 31 heavy (non-hydrogen) atoms. The molecule has 0 atom stereocenters. The molecule has 3 aromatic heterocycles. The molecule has 5 aromatic rings. The average molecular weight is 412 g/mol. The molecule has 152 valence electrons. The van der Waals surface area contributed by atoms with Gasteiger partial charge in [-0.15, -0.1) is 0 Å². The Morgan fingerprint density at radius 2 is 1.81 bits per heavy atom. The largest absolute Gasteiger partial charge is 0.467 e. The number of hydrogen-bond acceptors (Lipinski definition) is 4. The molecule has 1 amide bonds. The van der Waals surface area contributed by atoms with Crippen molar-refractivity contribution in [3.63, 3.8) is 0 Å². The first-order valence-electron chi connectivity index (χ1n) is 9.71. The number of nitrogens with one attached hydrogen (secondary N) is 1. The number of carbonyl (C=O) groups is 1. The molecule has 0 aliphatic rings. The summed E-state index contributed by atoms with van der Waals surface area (Å²) in [5, 5.41) is 7.41. The molecule has 3 heterocycles. The quantitative estimate of drug-likeness (QED) is 0.453. The molecule has 6 nitrogen and oxygen atoms in total. The van der Waals surface area contributed by atoms with Gasteiger partial charge in [-0.05, 0) is 30.3 Å². The molecule has 0 fully saturated rings. The highest BCUT2D eigenvalue weighted by Gasteiger charge is 2.18. The summed E-state index contributed by atoms with van der Waals surface area (Å²) in [7, 11) is 0. The van der Waals surface area contributed by atoms with Crippen LogP contribution in [0.5, 0.6) is 0 Å². The van der Waals surface area contributed by atoms with Crippen molar-refractivity contribution in [2.45, 2.75) is 6.54 Å². The van der Waals surface area contributed by atoms with Gasteiger partial charge < -0.3 is 9.73 Å². The number of rotatable bonds is 5. The lowest BCUT2D eigenvalue weighted by Gasteiger charge is -2.09. The van der Waals surface area contributed by atoms with Crippen molar-refractivity contribution in [2.24, 2.45) is 0 Å². The fourth-order valence-corrected chi connectivity index (χ4v) is 3.37. The van der Waals surface area contributed by atoms with Crippen LogP contribution in [0.1, 0.15) is 16.2 Å². The van der Waals surface area contributed by atoms with Crippen molar-refractivity contribution in [3.05, 3.63) is 102 Å². The molecule has 0 unspecified atom stereocenters. The molecule has 0 bridgehead atoms. The normalized spacial score (nSPS) is 11.0. The molecular formula is C24H17FN4O2. The number of aromatic nitrogens is 3. The van der Waals surface area contributed by atoms with Gasteiger partial charge in [0.1, 0.15) is 17.3 Å². The van der Waals surface area contributed by atoms with Crippen LogP contribution >= 0.6 is 0 Å². The smallest absolute Gasteiger partial charge is 0.270 e. The van der Waals surface area contributed by atoms with Crippen LogP contribution in [0.2, 0.25) is 0 Å². The maximum atomic E-state index is 14.6. The van der Waals surface area contributed by atoms with Crippen molar-refractivity contribution in [2.75, 3.05) is 0 Å². The monoisotopic (exact) mass is 412 g/mol. The highest BCUT2D eigenvalue weighted by atomic mass is 19.1. The summed E-state index contributed by atoms with van der Waals surface area (Å²) < 4.78 is 21.4. The third-order valence-corrected chi connectivity index (χ3v) is 4.88. The Kier molecular flexibility index (Phi) is 4.76. The molecule has 0 aliphatic carbocycles. The second-order valence-corrected chi connectivity index (χ2v) is 6.93. The van der Waals surface area contributed by atoms with E-state index in [0.29, 0.717) is 28.4 Å². The Balaban J connectivity index is 1.61. The second kappa shape index (κ2) is 7.87. The van der Waals surface area contributed by atoms with E-state index < -0.39 is 5.82 Å². The lowest BCUT2D eigenvalue weighted by Crippen LogP contribution is -2.24. The summed E-state index contributed by atoms with van der Waals surface area (Å²) in [5.41, 5.74) is 2.96. The summed E-state index contributed by atoms with van der Waals surface area (Å²) in [6, 6.07) is 22.8. The third-order valence-electron chi connectivity index (χ3n) is 4.88. The number of carbonyl (C=O) groups excluding carboxylic acids is 1. The molecule has 0 aliphatic heterocycles. The van der Waals surface area contributed by atoms with E-state index in [0.717, 1.165) is 5.56 Å². The highest BCUT2D eigenvalue weighted by molar-refractivity contribution is 5.94. The summed E-state index contributed by atoms with van der Waals surface area (Å²) in [6.45, 7) is 0.224. The first kappa shape index (κ1) is 18.7. The summed E-state index contributed by atoms with van der Waals surface area (Å²) in [5.74, 6) is -0.174. The standard InChI is InChI=1S/C24H17FN4O2/c25-19-11-5-4-10-18(19)22-13-21(24(30)26-15-17-9-6-12-31-17)27-23-14-20(28-29(22)23)16-7-2-1-3-8-16/h1-14H,15H2,(H,26,30). The minimum atomic E-state index is -0.409. The molecular weight excluding hydrogens is 395 g/mol. The van der Waals surface area contributed by atoms with Crippen LogP contribution in [-0.4, -0.2) is 20.5 Å². The zero-order valence-corrected chi connectivity index (χ0v) is 16.3. The molecule has 5 rings (SSSR count). The van der Waals surface area contributed by atoms with Crippen LogP contribution in [0.3, 0.4) is 0 Å². The number of halogens is 1. The molecule has 0 saturated heterocycles. The Morgan fingerprint density at radius 1 is 1.00 bits per heavy atom. The first-order chi connectivity index (χ1) is 15.2. The Labute approximate surface area is 177 Å². The van der Waals surface area contributed by atoms with Crippen LogP contribution in [0.25, 0.3) is 28.2 Å². The summed E-state index contributed by atoms with van der Waals surface area (Å²) in [6.07, 6.45) is 1.54. The molecule has 7 heteroatoms. The van der Waals surface area contributed by atoms with E-state index in [9.17, 15) is 9.18 Å². The van der Waals surface area contributed by atoms with Gasteiger partial charge in [0.2, 0.25) is 0 Å². The van der Waals surface area contributed by atoms with Crippen LogP contribution in [0.15, 0.2) is 89.5 Å². The van der Waals surface area contributed by atoms with Crippen LogP contribution in [-0.2, 0) is 6.54 Å². The minimum Gasteiger partial charge on any atom is -0.467 e. The van der Waals surface area contributed by atoms with Crippen molar-refractivity contribution >= 4 is 11.6 Å². The van der Waals surface area contributed by atoms with E-state index in [4.69, 9.17) is 4.42 Å². The van der Waals surface area contributed by atoms with Gasteiger partial charge in [0, 0.05) is 17.2 Å². The van der Waals surface area contributed by atoms with Gasteiger partial charge in [-0.25, -0.2) is 13.9 Å². The predicted octanol–water partition coefficient (Wildman–Crippen LogP) is 4.73. The summed E-state index contributed by atoms with van der Waals surface area (Å²) >= 11 is 0. The van der Waals surface area contributed by atoms with Crippen LogP contribution in [0, 0.1) is 5.82 Å². The zero-order valence-electron chi connectivity index (χ0n) is 16.3. The number of amides is 1. The maximum Gasteiger partial charge on any atom is 0.270 e. The summed E-state index contributed by atoms with van der Waals surface area (Å²) in [4.78, 5) is 17.3. The lowest BCUT2D eigenvalue weighted by molar-refractivity contribution is 0.0943. The highest BCUT2D eigenvalue weighted by Crippen LogP contribution is 2.27. The van der Waals surface area contributed by atoms with Crippen molar-refractivity contribution < 1.29 is 13.6 Å². The molecule has 0 radical (unpaired) electrons. The molecule has 2 aromatic carbocycles. The molecule has 0 saturated carbocycles. The van der Waals surface area contributed by atoms with E-state index in [1.807, 2.05) is 30.3 Å². The molecule has 1 N–H and O–H groups in total. The van der Waals surface area contributed by atoms with E-state index in [1.165, 1.54) is 6.07 Å². The second-order valence-electron chi connectivity index (χ2n) is 6.93. The molecule has 0 spiro atoms. The number of benzene rings is 2. The van der Waals surface area contributed by atoms with Gasteiger partial charge in [0.15, 0.2) is 5.65 Å². The van der Waals surface area contributed by atoms with Crippen molar-refractivity contribution in [1.29, 1.82) is 0 Å². The number of fused-ring (bicyclic) bond motifs is 1. The Bertz CT molecular complexity index is 1360. The topological polar surface area (TPSA) is 72.4 Å².